The lowest BCUT2D eigenvalue weighted by molar-refractivity contribution is 0.205. The molecule has 3 rings (SSSR count). The molecule has 0 aliphatic carbocycles. The van der Waals surface area contributed by atoms with Crippen molar-refractivity contribution < 1.29 is 4.79 Å². The molecule has 1 atom stereocenters. The summed E-state index contributed by atoms with van der Waals surface area (Å²) >= 11 is 6.04. The molecule has 0 radical (unpaired) electrons. The number of halogens is 1. The van der Waals surface area contributed by atoms with Crippen molar-refractivity contribution in [2.24, 2.45) is 7.05 Å². The van der Waals surface area contributed by atoms with Crippen molar-refractivity contribution in [2.45, 2.75) is 19.9 Å². The predicted octanol–water partition coefficient (Wildman–Crippen LogP) is 4.12. The normalized spacial score (nSPS) is 12.0. The van der Waals surface area contributed by atoms with E-state index >= 15 is 0 Å². The molecule has 2 amide bonds. The number of benzene rings is 2. The van der Waals surface area contributed by atoms with E-state index in [4.69, 9.17) is 11.6 Å². The first kappa shape index (κ1) is 18.9. The fourth-order valence-electron chi connectivity index (χ4n) is 2.92. The number of anilines is 1. The SMILES string of the molecule is Cc1cccc(NC(=O)N(C)C(C)c2nc3cc(Cl)ccc3c(=O)n2C)c1. The van der Waals surface area contributed by atoms with Crippen molar-refractivity contribution in [3.63, 3.8) is 0 Å². The molecule has 2 aromatic carbocycles. The van der Waals surface area contributed by atoms with E-state index in [1.807, 2.05) is 38.1 Å². The minimum absolute atomic E-state index is 0.175. The number of amides is 2. The fraction of sp³-hybridized carbons (Fsp3) is 0.250. The standard InChI is InChI=1S/C20H21ClN4O2/c1-12-6-5-7-15(10-12)22-20(27)24(3)13(2)18-23-17-11-14(21)8-9-16(17)19(26)25(18)4/h5-11,13H,1-4H3,(H,22,27). The van der Waals surface area contributed by atoms with E-state index < -0.39 is 6.04 Å². The second-order valence-corrected chi connectivity index (χ2v) is 7.02. The Bertz CT molecular complexity index is 1080. The van der Waals surface area contributed by atoms with Crippen LogP contribution in [-0.4, -0.2) is 27.5 Å². The number of carbonyl (C=O) groups excluding carboxylic acids is 1. The maximum atomic E-state index is 12.6. The van der Waals surface area contributed by atoms with E-state index in [0.717, 1.165) is 5.56 Å². The van der Waals surface area contributed by atoms with Crippen LogP contribution in [0.3, 0.4) is 0 Å². The monoisotopic (exact) mass is 384 g/mol. The highest BCUT2D eigenvalue weighted by Gasteiger charge is 2.22. The van der Waals surface area contributed by atoms with Gasteiger partial charge in [-0.2, -0.15) is 0 Å². The molecule has 7 heteroatoms. The quantitative estimate of drug-likeness (QED) is 0.738. The van der Waals surface area contributed by atoms with Crippen molar-refractivity contribution >= 4 is 34.2 Å². The first-order valence-electron chi connectivity index (χ1n) is 8.54. The zero-order valence-electron chi connectivity index (χ0n) is 15.7. The smallest absolute Gasteiger partial charge is 0.318 e. The molecule has 0 aliphatic rings. The average Bonchev–Trinajstić information content (AvgIpc) is 2.63. The number of rotatable bonds is 3. The summed E-state index contributed by atoms with van der Waals surface area (Å²) in [5.74, 6) is 0.483. The van der Waals surface area contributed by atoms with Crippen LogP contribution in [0, 0.1) is 6.92 Å². The molecule has 0 saturated heterocycles. The highest BCUT2D eigenvalue weighted by atomic mass is 35.5. The number of nitrogens with zero attached hydrogens (tertiary/aromatic N) is 3. The van der Waals surface area contributed by atoms with Gasteiger partial charge in [-0.15, -0.1) is 0 Å². The zero-order chi connectivity index (χ0) is 19.7. The van der Waals surface area contributed by atoms with Crippen molar-refractivity contribution in [3.8, 4) is 0 Å². The van der Waals surface area contributed by atoms with Gasteiger partial charge < -0.3 is 10.2 Å². The number of aryl methyl sites for hydroxylation is 1. The van der Waals surface area contributed by atoms with E-state index in [1.165, 1.54) is 9.47 Å². The van der Waals surface area contributed by atoms with Crippen LogP contribution in [0.2, 0.25) is 5.02 Å². The molecular weight excluding hydrogens is 364 g/mol. The second kappa shape index (κ2) is 7.40. The molecular formula is C20H21ClN4O2. The van der Waals surface area contributed by atoms with Crippen LogP contribution in [0.4, 0.5) is 10.5 Å². The molecule has 6 nitrogen and oxygen atoms in total. The van der Waals surface area contributed by atoms with E-state index in [1.54, 1.807) is 32.3 Å². The van der Waals surface area contributed by atoms with Crippen LogP contribution >= 0.6 is 11.6 Å². The maximum Gasteiger partial charge on any atom is 0.322 e. The first-order valence-corrected chi connectivity index (χ1v) is 8.92. The largest absolute Gasteiger partial charge is 0.322 e. The molecule has 0 spiro atoms. The van der Waals surface area contributed by atoms with Crippen molar-refractivity contribution in [1.82, 2.24) is 14.5 Å². The Morgan fingerprint density at radius 3 is 2.70 bits per heavy atom. The lowest BCUT2D eigenvalue weighted by Gasteiger charge is -2.26. The van der Waals surface area contributed by atoms with Gasteiger partial charge in [0.25, 0.3) is 5.56 Å². The van der Waals surface area contributed by atoms with Gasteiger partial charge in [-0.1, -0.05) is 23.7 Å². The number of urea groups is 1. The molecule has 1 unspecified atom stereocenters. The van der Waals surface area contributed by atoms with Gasteiger partial charge in [-0.3, -0.25) is 9.36 Å². The van der Waals surface area contributed by atoms with E-state index in [9.17, 15) is 9.59 Å². The molecule has 1 aromatic heterocycles. The molecule has 140 valence electrons. The lowest BCUT2D eigenvalue weighted by atomic mass is 10.2. The maximum absolute atomic E-state index is 12.6. The molecule has 1 N–H and O–H groups in total. The molecule has 0 fully saturated rings. The van der Waals surface area contributed by atoms with Crippen LogP contribution < -0.4 is 10.9 Å². The second-order valence-electron chi connectivity index (χ2n) is 6.58. The third kappa shape index (κ3) is 3.80. The first-order chi connectivity index (χ1) is 12.8. The minimum atomic E-state index is -0.420. The van der Waals surface area contributed by atoms with Crippen molar-refractivity contribution in [2.75, 3.05) is 12.4 Å². The zero-order valence-corrected chi connectivity index (χ0v) is 16.4. The summed E-state index contributed by atoms with van der Waals surface area (Å²) in [4.78, 5) is 31.4. The van der Waals surface area contributed by atoms with Gasteiger partial charge >= 0.3 is 6.03 Å². The Balaban J connectivity index is 1.92. The van der Waals surface area contributed by atoms with Gasteiger partial charge in [0.05, 0.1) is 16.9 Å². The highest BCUT2D eigenvalue weighted by molar-refractivity contribution is 6.31. The van der Waals surface area contributed by atoms with E-state index in [2.05, 4.69) is 10.3 Å². The summed E-state index contributed by atoms with van der Waals surface area (Å²) in [6.07, 6.45) is 0. The van der Waals surface area contributed by atoms with Crippen LogP contribution in [0.25, 0.3) is 10.9 Å². The molecule has 0 saturated carbocycles. The van der Waals surface area contributed by atoms with Crippen molar-refractivity contribution in [3.05, 3.63) is 69.2 Å². The summed E-state index contributed by atoms with van der Waals surface area (Å²) in [6, 6.07) is 11.8. The third-order valence-corrected chi connectivity index (χ3v) is 4.85. The number of nitrogens with one attached hydrogen (secondary N) is 1. The Kier molecular flexibility index (Phi) is 5.19. The van der Waals surface area contributed by atoms with Gasteiger partial charge in [0.1, 0.15) is 5.82 Å². The Morgan fingerprint density at radius 1 is 1.26 bits per heavy atom. The Morgan fingerprint density at radius 2 is 2.00 bits per heavy atom. The van der Waals surface area contributed by atoms with Gasteiger partial charge in [0.2, 0.25) is 0 Å². The highest BCUT2D eigenvalue weighted by Crippen LogP contribution is 2.21. The number of aromatic nitrogens is 2. The lowest BCUT2D eigenvalue weighted by Crippen LogP contribution is -2.37. The number of hydrogen-bond acceptors (Lipinski definition) is 3. The van der Waals surface area contributed by atoms with Crippen LogP contribution in [0.5, 0.6) is 0 Å². The number of hydrogen-bond donors (Lipinski definition) is 1. The average molecular weight is 385 g/mol. The van der Waals surface area contributed by atoms with Crippen LogP contribution in [-0.2, 0) is 7.05 Å². The molecule has 0 bridgehead atoms. The number of fused-ring (bicyclic) bond motifs is 1. The Hall–Kier alpha value is -2.86. The predicted molar refractivity (Wildman–Crippen MR) is 108 cm³/mol. The van der Waals surface area contributed by atoms with Crippen LogP contribution in [0.1, 0.15) is 24.4 Å². The third-order valence-electron chi connectivity index (χ3n) is 4.62. The molecule has 1 heterocycles. The number of carbonyl (C=O) groups is 1. The van der Waals surface area contributed by atoms with Gasteiger partial charge in [0.15, 0.2) is 0 Å². The fourth-order valence-corrected chi connectivity index (χ4v) is 3.08. The molecule has 0 aliphatic heterocycles. The molecule has 27 heavy (non-hydrogen) atoms. The molecule has 3 aromatic rings. The van der Waals surface area contributed by atoms with E-state index in [0.29, 0.717) is 27.4 Å². The summed E-state index contributed by atoms with van der Waals surface area (Å²) in [6.45, 7) is 3.79. The van der Waals surface area contributed by atoms with Gasteiger partial charge in [-0.05, 0) is 49.7 Å². The van der Waals surface area contributed by atoms with Crippen molar-refractivity contribution in [1.29, 1.82) is 0 Å². The summed E-state index contributed by atoms with van der Waals surface area (Å²) < 4.78 is 1.47. The van der Waals surface area contributed by atoms with Gasteiger partial charge in [0, 0.05) is 24.8 Å². The minimum Gasteiger partial charge on any atom is -0.318 e. The summed E-state index contributed by atoms with van der Waals surface area (Å²) in [7, 11) is 3.33. The van der Waals surface area contributed by atoms with Gasteiger partial charge in [-0.25, -0.2) is 9.78 Å². The van der Waals surface area contributed by atoms with Crippen LogP contribution in [0.15, 0.2) is 47.3 Å². The Labute approximate surface area is 162 Å². The summed E-state index contributed by atoms with van der Waals surface area (Å²) in [5.41, 5.74) is 2.11. The summed E-state index contributed by atoms with van der Waals surface area (Å²) in [5, 5.41) is 3.86. The van der Waals surface area contributed by atoms with E-state index in [-0.39, 0.29) is 11.6 Å². The topological polar surface area (TPSA) is 67.2 Å².